The van der Waals surface area contributed by atoms with Gasteiger partial charge < -0.3 is 4.48 Å². The molecule has 0 spiro atoms. The van der Waals surface area contributed by atoms with Crippen molar-refractivity contribution in [1.82, 2.24) is 5.32 Å². The van der Waals surface area contributed by atoms with Crippen LogP contribution < -0.4 is 5.32 Å². The third-order valence-corrected chi connectivity index (χ3v) is 3.18. The molecule has 1 N–H and O–H groups in total. The average molecular weight is 185 g/mol. The van der Waals surface area contributed by atoms with Crippen molar-refractivity contribution in [1.29, 1.82) is 0 Å². The van der Waals surface area contributed by atoms with Gasteiger partial charge in [0.25, 0.3) is 0 Å². The van der Waals surface area contributed by atoms with Crippen molar-refractivity contribution in [2.75, 3.05) is 32.8 Å². The molecule has 0 saturated carbocycles. The lowest BCUT2D eigenvalue weighted by Gasteiger charge is -2.33. The molecule has 1 saturated heterocycles. The molecule has 0 bridgehead atoms. The fourth-order valence-electron chi connectivity index (χ4n) is 2.19. The average Bonchev–Trinajstić information content (AvgIpc) is 2.61. The van der Waals surface area contributed by atoms with Gasteiger partial charge in [-0.15, -0.1) is 0 Å². The largest absolute Gasteiger partial charge is 0.310 e. The van der Waals surface area contributed by atoms with Crippen molar-refractivity contribution < 1.29 is 4.48 Å². The summed E-state index contributed by atoms with van der Waals surface area (Å²) in [4.78, 5) is 0. The Morgan fingerprint density at radius 2 is 1.69 bits per heavy atom. The Hall–Kier alpha value is -0.0800. The lowest BCUT2D eigenvalue weighted by atomic mass is 10.2. The maximum Gasteiger partial charge on any atom is 0.132 e. The number of hydrogen-bond donors (Lipinski definition) is 1. The molecule has 0 radical (unpaired) electrons. The second-order valence-electron chi connectivity index (χ2n) is 4.38. The number of nitrogens with one attached hydrogen (secondary N) is 1. The van der Waals surface area contributed by atoms with E-state index < -0.39 is 0 Å². The van der Waals surface area contributed by atoms with Crippen LogP contribution in [0.15, 0.2) is 0 Å². The van der Waals surface area contributed by atoms with Crippen LogP contribution in [0.1, 0.15) is 39.5 Å². The maximum atomic E-state index is 3.50. The minimum absolute atomic E-state index is 1.22. The van der Waals surface area contributed by atoms with Crippen molar-refractivity contribution in [3.05, 3.63) is 0 Å². The number of nitrogens with zero attached hydrogens (tertiary/aromatic N) is 1. The molecule has 0 unspecified atom stereocenters. The van der Waals surface area contributed by atoms with Crippen LogP contribution in [0.4, 0.5) is 0 Å². The van der Waals surface area contributed by atoms with Crippen LogP contribution in [0.2, 0.25) is 0 Å². The summed E-state index contributed by atoms with van der Waals surface area (Å²) in [6.45, 7) is 11.2. The highest BCUT2D eigenvalue weighted by Crippen LogP contribution is 2.13. The highest BCUT2D eigenvalue weighted by atomic mass is 15.4. The van der Waals surface area contributed by atoms with E-state index in [2.05, 4.69) is 19.2 Å². The molecule has 0 aromatic heterocycles. The summed E-state index contributed by atoms with van der Waals surface area (Å²) < 4.78 is 1.35. The summed E-state index contributed by atoms with van der Waals surface area (Å²) in [7, 11) is 0. The van der Waals surface area contributed by atoms with E-state index in [0.29, 0.717) is 0 Å². The predicted molar refractivity (Wildman–Crippen MR) is 57.5 cm³/mol. The standard InChI is InChI=1S/C11H25N2/c1-3-5-8-13(9-6-4-2)10-7-12-11-13/h12H,3-11H2,1-2H3/q+1. The lowest BCUT2D eigenvalue weighted by molar-refractivity contribution is -0.917. The summed E-state index contributed by atoms with van der Waals surface area (Å²) in [5.41, 5.74) is 0. The first kappa shape index (κ1) is 11.0. The van der Waals surface area contributed by atoms with E-state index in [4.69, 9.17) is 0 Å². The van der Waals surface area contributed by atoms with E-state index in [1.807, 2.05) is 0 Å². The first-order valence-electron chi connectivity index (χ1n) is 5.89. The molecule has 1 aliphatic heterocycles. The zero-order valence-electron chi connectivity index (χ0n) is 9.31. The normalized spacial score (nSPS) is 20.8. The molecule has 0 amide bonds. The van der Waals surface area contributed by atoms with Crippen molar-refractivity contribution in [3.63, 3.8) is 0 Å². The van der Waals surface area contributed by atoms with Crippen molar-refractivity contribution in [2.45, 2.75) is 39.5 Å². The predicted octanol–water partition coefficient (Wildman–Crippen LogP) is 1.96. The van der Waals surface area contributed by atoms with E-state index >= 15 is 0 Å². The second-order valence-corrected chi connectivity index (χ2v) is 4.38. The Labute approximate surface area is 82.9 Å². The third-order valence-electron chi connectivity index (χ3n) is 3.18. The first-order valence-corrected chi connectivity index (χ1v) is 5.89. The summed E-state index contributed by atoms with van der Waals surface area (Å²) in [6, 6.07) is 0. The molecule has 1 fully saturated rings. The van der Waals surface area contributed by atoms with Gasteiger partial charge in [0.05, 0.1) is 19.6 Å². The van der Waals surface area contributed by atoms with Gasteiger partial charge in [-0.1, -0.05) is 26.7 Å². The molecule has 78 valence electrons. The van der Waals surface area contributed by atoms with Gasteiger partial charge in [0, 0.05) is 6.54 Å². The van der Waals surface area contributed by atoms with E-state index in [0.717, 1.165) is 0 Å². The van der Waals surface area contributed by atoms with Gasteiger partial charge in [0.15, 0.2) is 0 Å². The topological polar surface area (TPSA) is 12.0 Å². The van der Waals surface area contributed by atoms with Gasteiger partial charge in [-0.25, -0.2) is 0 Å². The second kappa shape index (κ2) is 5.61. The van der Waals surface area contributed by atoms with Crippen LogP contribution in [0.25, 0.3) is 0 Å². The van der Waals surface area contributed by atoms with Crippen LogP contribution in [0.3, 0.4) is 0 Å². The molecule has 1 rings (SSSR count). The Morgan fingerprint density at radius 1 is 1.08 bits per heavy atom. The van der Waals surface area contributed by atoms with Gasteiger partial charge in [0.2, 0.25) is 0 Å². The monoisotopic (exact) mass is 185 g/mol. The number of unbranched alkanes of at least 4 members (excludes halogenated alkanes) is 2. The van der Waals surface area contributed by atoms with Gasteiger partial charge in [0.1, 0.15) is 6.67 Å². The van der Waals surface area contributed by atoms with Gasteiger partial charge in [-0.2, -0.15) is 0 Å². The minimum atomic E-state index is 1.22. The van der Waals surface area contributed by atoms with Crippen molar-refractivity contribution in [3.8, 4) is 0 Å². The number of rotatable bonds is 6. The molecular formula is C11H25N2+. The van der Waals surface area contributed by atoms with Crippen LogP contribution in [-0.4, -0.2) is 37.3 Å². The smallest absolute Gasteiger partial charge is 0.132 e. The highest BCUT2D eigenvalue weighted by Gasteiger charge is 2.29. The Balaban J connectivity index is 2.33. The van der Waals surface area contributed by atoms with Crippen LogP contribution in [0.5, 0.6) is 0 Å². The molecule has 1 heterocycles. The summed E-state index contributed by atoms with van der Waals surface area (Å²) >= 11 is 0. The van der Waals surface area contributed by atoms with Crippen LogP contribution in [-0.2, 0) is 0 Å². The summed E-state index contributed by atoms with van der Waals surface area (Å²) in [5.74, 6) is 0. The molecule has 0 aliphatic carbocycles. The van der Waals surface area contributed by atoms with Crippen molar-refractivity contribution >= 4 is 0 Å². The quantitative estimate of drug-likeness (QED) is 0.624. The minimum Gasteiger partial charge on any atom is -0.310 e. The zero-order chi connectivity index (χ0) is 9.57. The molecule has 2 nitrogen and oxygen atoms in total. The molecule has 2 heteroatoms. The third kappa shape index (κ3) is 3.28. The van der Waals surface area contributed by atoms with Crippen molar-refractivity contribution in [2.24, 2.45) is 0 Å². The molecule has 1 aliphatic rings. The van der Waals surface area contributed by atoms with Gasteiger partial charge in [-0.05, 0) is 12.8 Å². The number of quaternary nitrogens is 1. The molecule has 0 aromatic rings. The Morgan fingerprint density at radius 3 is 2.08 bits per heavy atom. The van der Waals surface area contributed by atoms with Gasteiger partial charge >= 0.3 is 0 Å². The SMILES string of the molecule is CCCC[N+]1(CCCC)CCNC1. The number of hydrogen-bond acceptors (Lipinski definition) is 1. The fourth-order valence-corrected chi connectivity index (χ4v) is 2.19. The Bertz CT molecular complexity index is 118. The molecule has 0 aromatic carbocycles. The first-order chi connectivity index (χ1) is 6.33. The van der Waals surface area contributed by atoms with E-state index in [9.17, 15) is 0 Å². The molecule has 0 atom stereocenters. The maximum absolute atomic E-state index is 3.50. The summed E-state index contributed by atoms with van der Waals surface area (Å²) in [5, 5.41) is 3.50. The van der Waals surface area contributed by atoms with Gasteiger partial charge in [-0.3, -0.25) is 5.32 Å². The van der Waals surface area contributed by atoms with Crippen LogP contribution in [0, 0.1) is 0 Å². The molecular weight excluding hydrogens is 160 g/mol. The zero-order valence-corrected chi connectivity index (χ0v) is 9.31. The van der Waals surface area contributed by atoms with E-state index in [1.165, 1.54) is 63.0 Å². The fraction of sp³-hybridized carbons (Fsp3) is 1.00. The van der Waals surface area contributed by atoms with Crippen LogP contribution >= 0.6 is 0 Å². The lowest BCUT2D eigenvalue weighted by Crippen LogP contribution is -2.48. The Kier molecular flexibility index (Phi) is 4.74. The highest BCUT2D eigenvalue weighted by molar-refractivity contribution is 4.55. The van der Waals surface area contributed by atoms with E-state index in [1.54, 1.807) is 0 Å². The molecule has 13 heavy (non-hydrogen) atoms. The van der Waals surface area contributed by atoms with E-state index in [-0.39, 0.29) is 0 Å². The summed E-state index contributed by atoms with van der Waals surface area (Å²) in [6.07, 6.45) is 5.47.